The van der Waals surface area contributed by atoms with Crippen LogP contribution >= 0.6 is 0 Å². The average molecular weight is 492 g/mol. The van der Waals surface area contributed by atoms with E-state index in [1.807, 2.05) is 0 Å². The molecule has 0 heterocycles. The van der Waals surface area contributed by atoms with Gasteiger partial charge in [0.15, 0.2) is 23.3 Å². The predicted molar refractivity (Wildman–Crippen MR) is 62.6 cm³/mol. The van der Waals surface area contributed by atoms with Crippen molar-refractivity contribution >= 4 is 15.9 Å². The Bertz CT molecular complexity index is 923. The van der Waals surface area contributed by atoms with Gasteiger partial charge in [0.25, 0.3) is 10.0 Å². The zero-order valence-electron chi connectivity index (χ0n) is 12.9. The molecule has 4 nitrogen and oxygen atoms in total. The first kappa shape index (κ1) is 25.7. The van der Waals surface area contributed by atoms with E-state index in [9.17, 15) is 75.0 Å². The molecule has 0 atom stereocenters. The van der Waals surface area contributed by atoms with Crippen LogP contribution in [0.4, 0.5) is 61.5 Å². The Morgan fingerprint density at radius 3 is 1.17 bits per heavy atom. The lowest BCUT2D eigenvalue weighted by Crippen LogP contribution is -2.70. The van der Waals surface area contributed by atoms with Gasteiger partial charge in [0, 0.05) is 5.90 Å². The molecule has 1 rings (SSSR count). The van der Waals surface area contributed by atoms with Crippen molar-refractivity contribution in [1.29, 1.82) is 0 Å². The quantitative estimate of drug-likeness (QED) is 0.214. The third kappa shape index (κ3) is 3.51. The van der Waals surface area contributed by atoms with E-state index in [1.165, 1.54) is 0 Å². The summed E-state index contributed by atoms with van der Waals surface area (Å²) < 4.78 is 196. The molecule has 0 spiro atoms. The Labute approximate surface area is 154 Å². The smallest absolute Gasteiger partial charge is 0.428 e. The van der Waals surface area contributed by atoms with Crippen molar-refractivity contribution in [3.8, 4) is 0 Å². The standard InChI is InChI=1S/C11HF14NO3S/c12-2-1(3(13)5(15)6(16)4(2)14)7(27)26-30(28,29)8(9(17,18)19,10(20,21)22)11(23,24)25/h(H,26,27)/p-1. The number of hydrogen-bond acceptors (Lipinski definition) is 3. The molecule has 1 aromatic rings. The first-order valence-corrected chi connectivity index (χ1v) is 7.73. The minimum atomic E-state index is -8.25. The average Bonchev–Trinajstić information content (AvgIpc) is 2.45. The van der Waals surface area contributed by atoms with Crippen molar-refractivity contribution in [3.63, 3.8) is 0 Å². The van der Waals surface area contributed by atoms with Gasteiger partial charge in [-0.3, -0.25) is 0 Å². The van der Waals surface area contributed by atoms with Gasteiger partial charge in [0.1, 0.15) is 0 Å². The molecule has 0 aromatic heterocycles. The number of alkyl halides is 9. The molecule has 0 unspecified atom stereocenters. The molecule has 0 radical (unpaired) electrons. The van der Waals surface area contributed by atoms with E-state index in [-0.39, 0.29) is 0 Å². The van der Waals surface area contributed by atoms with E-state index in [0.717, 1.165) is 4.40 Å². The second kappa shape index (κ2) is 7.12. The van der Waals surface area contributed by atoms with E-state index in [0.29, 0.717) is 0 Å². The van der Waals surface area contributed by atoms with Crippen molar-refractivity contribution in [1.82, 2.24) is 0 Å². The lowest BCUT2D eigenvalue weighted by Gasteiger charge is -2.36. The van der Waals surface area contributed by atoms with Crippen molar-refractivity contribution in [3.05, 3.63) is 34.6 Å². The molecule has 0 aliphatic heterocycles. The summed E-state index contributed by atoms with van der Waals surface area (Å²) in [5, 5.41) is 11.4. The number of sulfonamides is 1. The molecule has 19 heteroatoms. The Hall–Kier alpha value is -2.34. The molecule has 0 aliphatic rings. The van der Waals surface area contributed by atoms with Gasteiger partial charge in [0.2, 0.25) is 5.82 Å². The second-order valence-electron chi connectivity index (χ2n) is 4.99. The van der Waals surface area contributed by atoms with Gasteiger partial charge in [0.05, 0.1) is 5.56 Å². The maximum atomic E-state index is 13.4. The monoisotopic (exact) mass is 492 g/mol. The third-order valence-corrected chi connectivity index (χ3v) is 5.09. The highest BCUT2D eigenvalue weighted by atomic mass is 32.2. The van der Waals surface area contributed by atoms with Gasteiger partial charge in [-0.1, -0.05) is 0 Å². The van der Waals surface area contributed by atoms with E-state index in [2.05, 4.69) is 0 Å². The van der Waals surface area contributed by atoms with Crippen LogP contribution in [0.3, 0.4) is 0 Å². The lowest BCUT2D eigenvalue weighted by atomic mass is 10.1. The predicted octanol–water partition coefficient (Wildman–Crippen LogP) is 3.24. The lowest BCUT2D eigenvalue weighted by molar-refractivity contribution is -0.347. The number of nitrogens with zero attached hydrogens (tertiary/aromatic N) is 1. The Morgan fingerprint density at radius 2 is 0.900 bits per heavy atom. The maximum Gasteiger partial charge on any atom is 0.428 e. The molecule has 0 N–H and O–H groups in total. The minimum Gasteiger partial charge on any atom is -0.857 e. The summed E-state index contributed by atoms with van der Waals surface area (Å²) in [5.41, 5.74) is -3.02. The minimum absolute atomic E-state index is 0.922. The molecular formula is C11F14NO3S-. The summed E-state index contributed by atoms with van der Waals surface area (Å²) in [6, 6.07) is 0. The van der Waals surface area contributed by atoms with Gasteiger partial charge >= 0.3 is 23.3 Å². The molecule has 172 valence electrons. The number of benzene rings is 1. The van der Waals surface area contributed by atoms with Gasteiger partial charge in [-0.25, -0.2) is 30.4 Å². The molecule has 0 fully saturated rings. The van der Waals surface area contributed by atoms with Gasteiger partial charge in [-0.15, -0.1) is 0 Å². The van der Waals surface area contributed by atoms with E-state index in [1.54, 1.807) is 0 Å². The first-order valence-electron chi connectivity index (χ1n) is 6.29. The highest BCUT2D eigenvalue weighted by Gasteiger charge is 2.91. The molecule has 0 bridgehead atoms. The molecule has 1 aromatic carbocycles. The summed E-state index contributed by atoms with van der Waals surface area (Å²) in [5.74, 6) is -19.2. The Morgan fingerprint density at radius 1 is 0.633 bits per heavy atom. The van der Waals surface area contributed by atoms with Crippen molar-refractivity contribution in [2.45, 2.75) is 23.3 Å². The molecule has 0 amide bonds. The van der Waals surface area contributed by atoms with Crippen molar-refractivity contribution in [2.75, 3.05) is 0 Å². The summed E-state index contributed by atoms with van der Waals surface area (Å²) >= 11 is 0. The zero-order valence-corrected chi connectivity index (χ0v) is 13.7. The van der Waals surface area contributed by atoms with Crippen LogP contribution in [0.1, 0.15) is 5.56 Å². The summed E-state index contributed by atoms with van der Waals surface area (Å²) in [6.07, 6.45) is -23.4. The fraction of sp³-hybridized carbons (Fsp3) is 0.364. The third-order valence-electron chi connectivity index (χ3n) is 3.21. The van der Waals surface area contributed by atoms with Crippen LogP contribution in [-0.4, -0.2) is 37.6 Å². The van der Waals surface area contributed by atoms with E-state index < -0.39 is 73.8 Å². The normalized spacial score (nSPS) is 14.9. The molecule has 0 saturated heterocycles. The highest BCUT2D eigenvalue weighted by Crippen LogP contribution is 2.57. The fourth-order valence-electron chi connectivity index (χ4n) is 1.94. The SMILES string of the molecule is O=S(=O)(N=C([O-])c1c(F)c(F)c(F)c(F)c1F)C(C(F)(F)F)(C(F)(F)F)C(F)(F)F. The fourth-order valence-corrected chi connectivity index (χ4v) is 3.26. The van der Waals surface area contributed by atoms with Crippen molar-refractivity contribution < 1.29 is 75.0 Å². The highest BCUT2D eigenvalue weighted by molar-refractivity contribution is 7.92. The Kier molecular flexibility index (Phi) is 6.10. The summed E-state index contributed by atoms with van der Waals surface area (Å²) in [4.78, 5) is 0. The number of hydrogen-bond donors (Lipinski definition) is 0. The topological polar surface area (TPSA) is 69.6 Å². The molecule has 0 aliphatic carbocycles. The van der Waals surface area contributed by atoms with Crippen LogP contribution in [0.2, 0.25) is 0 Å². The number of rotatable bonds is 3. The molecule has 30 heavy (non-hydrogen) atoms. The summed E-state index contributed by atoms with van der Waals surface area (Å²) in [6.45, 7) is 0. The van der Waals surface area contributed by atoms with Gasteiger partial charge < -0.3 is 5.11 Å². The van der Waals surface area contributed by atoms with Gasteiger partial charge in [-0.05, 0) is 0 Å². The van der Waals surface area contributed by atoms with Crippen LogP contribution < -0.4 is 5.11 Å². The number of halogens is 14. The van der Waals surface area contributed by atoms with Crippen LogP contribution in [0.15, 0.2) is 4.40 Å². The zero-order chi connectivity index (χ0) is 24.2. The van der Waals surface area contributed by atoms with E-state index in [4.69, 9.17) is 0 Å². The van der Waals surface area contributed by atoms with Crippen LogP contribution in [0.25, 0.3) is 0 Å². The summed E-state index contributed by atoms with van der Waals surface area (Å²) in [7, 11) is -8.25. The van der Waals surface area contributed by atoms with Crippen LogP contribution in [-0.2, 0) is 10.0 Å². The van der Waals surface area contributed by atoms with E-state index >= 15 is 0 Å². The van der Waals surface area contributed by atoms with Crippen LogP contribution in [0.5, 0.6) is 0 Å². The Balaban J connectivity index is 4.07. The van der Waals surface area contributed by atoms with Gasteiger partial charge in [-0.2, -0.15) is 43.9 Å². The first-order chi connectivity index (χ1) is 13.1. The largest absolute Gasteiger partial charge is 0.857 e. The maximum absolute atomic E-state index is 13.4. The van der Waals surface area contributed by atoms with Crippen molar-refractivity contribution in [2.24, 2.45) is 4.40 Å². The molecule has 0 saturated carbocycles. The second-order valence-corrected chi connectivity index (χ2v) is 6.74. The molecular weight excluding hydrogens is 492 g/mol. The van der Waals surface area contributed by atoms with Crippen LogP contribution in [0, 0.1) is 29.1 Å².